The van der Waals surface area contributed by atoms with E-state index in [2.05, 4.69) is 14.7 Å². The third-order valence-corrected chi connectivity index (χ3v) is 5.54. The number of alkyl halides is 3. The van der Waals surface area contributed by atoms with Gasteiger partial charge in [0, 0.05) is 29.8 Å². The molecule has 4 rings (SSSR count). The van der Waals surface area contributed by atoms with E-state index in [0.717, 1.165) is 24.3 Å². The van der Waals surface area contributed by atoms with Crippen molar-refractivity contribution in [1.82, 2.24) is 14.4 Å². The number of fused-ring (bicyclic) bond motifs is 1. The molecule has 29 heavy (non-hydrogen) atoms. The molecule has 4 aromatic rings. The fourth-order valence-corrected chi connectivity index (χ4v) is 3.80. The van der Waals surface area contributed by atoms with Crippen molar-refractivity contribution in [3.05, 3.63) is 78.8 Å². The highest BCUT2D eigenvalue weighted by molar-refractivity contribution is 7.92. The van der Waals surface area contributed by atoms with E-state index < -0.39 is 21.8 Å². The van der Waals surface area contributed by atoms with E-state index in [0.29, 0.717) is 17.0 Å². The molecule has 0 fully saturated rings. The summed E-state index contributed by atoms with van der Waals surface area (Å²) in [4.78, 5) is 8.24. The minimum Gasteiger partial charge on any atom is -0.291 e. The quantitative estimate of drug-likeness (QED) is 0.539. The minimum absolute atomic E-state index is 0.257. The van der Waals surface area contributed by atoms with Crippen LogP contribution in [0.15, 0.2) is 78.1 Å². The van der Waals surface area contributed by atoms with Gasteiger partial charge in [0.1, 0.15) is 0 Å². The van der Waals surface area contributed by atoms with Gasteiger partial charge in [-0.05, 0) is 42.5 Å². The number of halogens is 3. The third-order valence-electron chi connectivity index (χ3n) is 4.14. The van der Waals surface area contributed by atoms with Crippen molar-refractivity contribution in [3.63, 3.8) is 0 Å². The Labute approximate surface area is 163 Å². The van der Waals surface area contributed by atoms with E-state index >= 15 is 0 Å². The van der Waals surface area contributed by atoms with Gasteiger partial charge in [-0.25, -0.2) is 18.4 Å². The van der Waals surface area contributed by atoms with Crippen molar-refractivity contribution in [2.24, 2.45) is 0 Å². The Kier molecular flexibility index (Phi) is 4.50. The van der Waals surface area contributed by atoms with Crippen LogP contribution >= 0.6 is 0 Å². The summed E-state index contributed by atoms with van der Waals surface area (Å²) < 4.78 is 67.2. The lowest BCUT2D eigenvalue weighted by atomic mass is 10.1. The number of imidazole rings is 1. The molecule has 6 nitrogen and oxygen atoms in total. The number of rotatable bonds is 4. The van der Waals surface area contributed by atoms with Gasteiger partial charge in [-0.15, -0.1) is 0 Å². The van der Waals surface area contributed by atoms with Gasteiger partial charge in [-0.1, -0.05) is 12.1 Å². The number of anilines is 1. The second-order valence-corrected chi connectivity index (χ2v) is 7.84. The van der Waals surface area contributed by atoms with Gasteiger partial charge < -0.3 is 0 Å². The first-order valence-corrected chi connectivity index (χ1v) is 9.81. The monoisotopic (exact) mass is 418 g/mol. The van der Waals surface area contributed by atoms with Crippen LogP contribution in [-0.4, -0.2) is 22.8 Å². The Morgan fingerprint density at radius 1 is 1.00 bits per heavy atom. The predicted octanol–water partition coefficient (Wildman–Crippen LogP) is 4.22. The SMILES string of the molecule is O=S(=O)(Nc1cccc(-c2cn3cccnc3n2)c1)c1ccc(C(F)(F)F)cc1. The van der Waals surface area contributed by atoms with Crippen molar-refractivity contribution in [1.29, 1.82) is 0 Å². The summed E-state index contributed by atoms with van der Waals surface area (Å²) in [5, 5.41) is 0. The molecular formula is C19H13F3N4O2S. The number of nitrogens with zero attached hydrogens (tertiary/aromatic N) is 3. The Morgan fingerprint density at radius 3 is 2.45 bits per heavy atom. The predicted molar refractivity (Wildman–Crippen MR) is 101 cm³/mol. The summed E-state index contributed by atoms with van der Waals surface area (Å²) >= 11 is 0. The van der Waals surface area contributed by atoms with Gasteiger partial charge in [0.15, 0.2) is 0 Å². The lowest BCUT2D eigenvalue weighted by Gasteiger charge is -2.11. The Balaban J connectivity index is 1.61. The molecule has 0 saturated carbocycles. The maximum absolute atomic E-state index is 12.7. The van der Waals surface area contributed by atoms with Crippen LogP contribution < -0.4 is 4.72 Å². The zero-order chi connectivity index (χ0) is 20.6. The van der Waals surface area contributed by atoms with Crippen molar-refractivity contribution in [3.8, 4) is 11.3 Å². The Hall–Kier alpha value is -3.40. The molecular weight excluding hydrogens is 405 g/mol. The van der Waals surface area contributed by atoms with Crippen molar-refractivity contribution in [2.45, 2.75) is 11.1 Å². The first kappa shape index (κ1) is 18.9. The normalized spacial score (nSPS) is 12.2. The van der Waals surface area contributed by atoms with Crippen LogP contribution in [0, 0.1) is 0 Å². The fraction of sp³-hybridized carbons (Fsp3) is 0.0526. The largest absolute Gasteiger partial charge is 0.416 e. The first-order chi connectivity index (χ1) is 13.7. The molecule has 10 heteroatoms. The molecule has 0 spiro atoms. The van der Waals surface area contributed by atoms with Crippen molar-refractivity contribution >= 4 is 21.5 Å². The van der Waals surface area contributed by atoms with Crippen LogP contribution in [0.25, 0.3) is 17.0 Å². The maximum atomic E-state index is 12.7. The van der Waals surface area contributed by atoms with E-state index in [1.54, 1.807) is 53.3 Å². The molecule has 0 aliphatic heterocycles. The molecule has 1 N–H and O–H groups in total. The lowest BCUT2D eigenvalue weighted by Crippen LogP contribution is -2.13. The van der Waals surface area contributed by atoms with E-state index in [1.807, 2.05) is 0 Å². The van der Waals surface area contributed by atoms with E-state index in [9.17, 15) is 21.6 Å². The molecule has 2 aromatic carbocycles. The van der Waals surface area contributed by atoms with Crippen LogP contribution in [0.2, 0.25) is 0 Å². The molecule has 0 amide bonds. The second kappa shape index (κ2) is 6.89. The first-order valence-electron chi connectivity index (χ1n) is 8.33. The van der Waals surface area contributed by atoms with Crippen LogP contribution in [0.4, 0.5) is 18.9 Å². The van der Waals surface area contributed by atoms with Crippen LogP contribution in [0.5, 0.6) is 0 Å². The Bertz CT molecular complexity index is 1250. The van der Waals surface area contributed by atoms with Gasteiger partial charge in [-0.2, -0.15) is 13.2 Å². The summed E-state index contributed by atoms with van der Waals surface area (Å²) in [5.41, 5.74) is 0.591. The minimum atomic E-state index is -4.53. The number of hydrogen-bond donors (Lipinski definition) is 1. The number of aromatic nitrogens is 3. The lowest BCUT2D eigenvalue weighted by molar-refractivity contribution is -0.137. The van der Waals surface area contributed by atoms with Crippen LogP contribution in [0.1, 0.15) is 5.56 Å². The molecule has 0 aliphatic carbocycles. The Morgan fingerprint density at radius 2 is 1.76 bits per heavy atom. The highest BCUT2D eigenvalue weighted by Gasteiger charge is 2.30. The maximum Gasteiger partial charge on any atom is 0.416 e. The average molecular weight is 418 g/mol. The smallest absolute Gasteiger partial charge is 0.291 e. The van der Waals surface area contributed by atoms with Gasteiger partial charge in [0.05, 0.1) is 16.2 Å². The number of sulfonamides is 1. The van der Waals surface area contributed by atoms with Gasteiger partial charge in [-0.3, -0.25) is 9.12 Å². The van der Waals surface area contributed by atoms with E-state index in [1.165, 1.54) is 0 Å². The van der Waals surface area contributed by atoms with Crippen LogP contribution in [-0.2, 0) is 16.2 Å². The van der Waals surface area contributed by atoms with Crippen molar-refractivity contribution < 1.29 is 21.6 Å². The number of nitrogens with one attached hydrogen (secondary N) is 1. The highest BCUT2D eigenvalue weighted by atomic mass is 32.2. The number of benzene rings is 2. The van der Waals surface area contributed by atoms with Crippen LogP contribution in [0.3, 0.4) is 0 Å². The molecule has 0 saturated heterocycles. The molecule has 0 bridgehead atoms. The van der Waals surface area contributed by atoms with E-state index in [-0.39, 0.29) is 10.6 Å². The fourth-order valence-electron chi connectivity index (χ4n) is 2.75. The zero-order valence-corrected chi connectivity index (χ0v) is 15.4. The highest BCUT2D eigenvalue weighted by Crippen LogP contribution is 2.30. The molecule has 0 unspecified atom stereocenters. The van der Waals surface area contributed by atoms with Gasteiger partial charge in [0.2, 0.25) is 5.78 Å². The third kappa shape index (κ3) is 3.92. The van der Waals surface area contributed by atoms with Crippen molar-refractivity contribution in [2.75, 3.05) is 4.72 Å². The summed E-state index contributed by atoms with van der Waals surface area (Å²) in [7, 11) is -4.05. The standard InChI is InChI=1S/C19H13F3N4O2S/c20-19(21,22)14-5-7-16(8-6-14)29(27,28)25-15-4-1-3-13(11-15)17-12-26-10-2-9-23-18(26)24-17/h1-12,25H. The van der Waals surface area contributed by atoms with Gasteiger partial charge in [0.25, 0.3) is 10.0 Å². The average Bonchev–Trinajstić information content (AvgIpc) is 3.12. The summed E-state index contributed by atoms with van der Waals surface area (Å²) in [5.74, 6) is 0.498. The zero-order valence-electron chi connectivity index (χ0n) is 14.6. The topological polar surface area (TPSA) is 76.4 Å². The molecule has 2 aromatic heterocycles. The molecule has 148 valence electrons. The summed E-state index contributed by atoms with van der Waals surface area (Å²) in [6.45, 7) is 0. The molecule has 0 radical (unpaired) electrons. The summed E-state index contributed by atoms with van der Waals surface area (Å²) in [6, 6.07) is 11.6. The summed E-state index contributed by atoms with van der Waals surface area (Å²) in [6.07, 6.45) is 0.621. The molecule has 0 aliphatic rings. The molecule has 2 heterocycles. The van der Waals surface area contributed by atoms with Gasteiger partial charge >= 0.3 is 6.18 Å². The molecule has 0 atom stereocenters. The van der Waals surface area contributed by atoms with E-state index in [4.69, 9.17) is 0 Å². The number of hydrogen-bond acceptors (Lipinski definition) is 4. The second-order valence-electron chi connectivity index (χ2n) is 6.16.